The Morgan fingerprint density at radius 1 is 1.35 bits per heavy atom. The van der Waals surface area contributed by atoms with Crippen LogP contribution in [-0.2, 0) is 6.54 Å². The third kappa shape index (κ3) is 1.89. The fourth-order valence-corrected chi connectivity index (χ4v) is 2.41. The van der Waals surface area contributed by atoms with Crippen LogP contribution in [0.25, 0.3) is 11.0 Å². The van der Waals surface area contributed by atoms with Crippen LogP contribution in [0.3, 0.4) is 0 Å². The highest BCUT2D eigenvalue weighted by molar-refractivity contribution is 7.09. The van der Waals surface area contributed by atoms with Crippen LogP contribution in [0.4, 0.5) is 5.82 Å². The first-order chi connectivity index (χ1) is 8.34. The average Bonchev–Trinajstić information content (AvgIpc) is 2.95. The van der Waals surface area contributed by atoms with Crippen LogP contribution >= 0.6 is 11.3 Å². The summed E-state index contributed by atoms with van der Waals surface area (Å²) in [5, 5.41) is 4.33. The molecule has 0 radical (unpaired) electrons. The minimum absolute atomic E-state index is 0.744. The van der Waals surface area contributed by atoms with Crippen molar-refractivity contribution in [3.8, 4) is 0 Å². The molecule has 3 aromatic heterocycles. The molecule has 0 amide bonds. The van der Waals surface area contributed by atoms with Crippen molar-refractivity contribution in [2.45, 2.75) is 13.5 Å². The van der Waals surface area contributed by atoms with Crippen molar-refractivity contribution in [2.75, 3.05) is 5.32 Å². The smallest absolute Gasteiger partial charge is 0.139 e. The zero-order valence-corrected chi connectivity index (χ0v) is 10.1. The van der Waals surface area contributed by atoms with E-state index < -0.39 is 0 Å². The van der Waals surface area contributed by atoms with E-state index in [0.29, 0.717) is 0 Å². The van der Waals surface area contributed by atoms with Crippen molar-refractivity contribution >= 4 is 28.1 Å². The summed E-state index contributed by atoms with van der Waals surface area (Å²) in [5.74, 6) is 0.851. The molecule has 3 aromatic rings. The molecule has 0 bridgehead atoms. The summed E-state index contributed by atoms with van der Waals surface area (Å²) in [7, 11) is 0. The van der Waals surface area contributed by atoms with E-state index in [1.165, 1.54) is 4.88 Å². The number of aromatic nitrogens is 2. The van der Waals surface area contributed by atoms with Gasteiger partial charge < -0.3 is 9.73 Å². The molecule has 0 atom stereocenters. The molecule has 0 spiro atoms. The number of hydrogen-bond acceptors (Lipinski definition) is 5. The third-order valence-corrected chi connectivity index (χ3v) is 3.58. The first-order valence-corrected chi connectivity index (χ1v) is 6.17. The minimum Gasteiger partial charge on any atom is -0.464 e. The summed E-state index contributed by atoms with van der Waals surface area (Å²) in [6.45, 7) is 2.76. The number of furan rings is 1. The van der Waals surface area contributed by atoms with E-state index in [2.05, 4.69) is 15.3 Å². The predicted octanol–water partition coefficient (Wildman–Crippen LogP) is 3.20. The van der Waals surface area contributed by atoms with Crippen molar-refractivity contribution in [3.05, 3.63) is 40.7 Å². The van der Waals surface area contributed by atoms with Crippen LogP contribution in [0.5, 0.6) is 0 Å². The van der Waals surface area contributed by atoms with Crippen LogP contribution in [0.1, 0.15) is 10.6 Å². The van der Waals surface area contributed by atoms with Gasteiger partial charge >= 0.3 is 0 Å². The summed E-state index contributed by atoms with van der Waals surface area (Å²) < 4.78 is 5.33. The molecule has 0 aliphatic rings. The number of rotatable bonds is 3. The number of thiazole rings is 1. The molecule has 0 unspecified atom stereocenters. The number of nitrogens with one attached hydrogen (secondary N) is 1. The second-order valence-corrected chi connectivity index (χ2v) is 4.65. The van der Waals surface area contributed by atoms with E-state index in [1.807, 2.05) is 24.6 Å². The third-order valence-electron chi connectivity index (χ3n) is 2.64. The van der Waals surface area contributed by atoms with E-state index in [9.17, 15) is 0 Å². The lowest BCUT2D eigenvalue weighted by Gasteiger charge is -2.04. The number of fused-ring (bicyclic) bond motifs is 1. The van der Waals surface area contributed by atoms with E-state index in [-0.39, 0.29) is 0 Å². The standard InChI is InChI=1S/C12H11N3OS/c1-8-11(17-7-15-8)6-14-12-9-3-5-16-10(9)2-4-13-12/h2-5,7H,6H2,1H3,(H,13,14). The first kappa shape index (κ1) is 10.3. The summed E-state index contributed by atoms with van der Waals surface area (Å²) >= 11 is 1.65. The lowest BCUT2D eigenvalue weighted by Crippen LogP contribution is -2.01. The Hall–Kier alpha value is -1.88. The van der Waals surface area contributed by atoms with E-state index >= 15 is 0 Å². The molecule has 1 N–H and O–H groups in total. The largest absolute Gasteiger partial charge is 0.464 e. The highest BCUT2D eigenvalue weighted by atomic mass is 32.1. The van der Waals surface area contributed by atoms with Gasteiger partial charge in [-0.2, -0.15) is 0 Å². The second kappa shape index (κ2) is 4.18. The van der Waals surface area contributed by atoms with Crippen molar-refractivity contribution < 1.29 is 4.42 Å². The van der Waals surface area contributed by atoms with Gasteiger partial charge in [0.1, 0.15) is 11.4 Å². The Bertz CT molecular complexity index is 644. The molecule has 0 saturated heterocycles. The molecular formula is C12H11N3OS. The quantitative estimate of drug-likeness (QED) is 0.769. The highest BCUT2D eigenvalue weighted by Gasteiger charge is 2.06. The maximum absolute atomic E-state index is 5.33. The van der Waals surface area contributed by atoms with Gasteiger partial charge in [0.25, 0.3) is 0 Å². The number of aryl methyl sites for hydroxylation is 1. The van der Waals surface area contributed by atoms with Crippen molar-refractivity contribution in [1.82, 2.24) is 9.97 Å². The molecule has 0 aliphatic heterocycles. The van der Waals surface area contributed by atoms with Crippen LogP contribution in [-0.4, -0.2) is 9.97 Å². The highest BCUT2D eigenvalue weighted by Crippen LogP contribution is 2.23. The van der Waals surface area contributed by atoms with Crippen LogP contribution in [0, 0.1) is 6.92 Å². The van der Waals surface area contributed by atoms with Gasteiger partial charge in [-0.05, 0) is 19.1 Å². The monoisotopic (exact) mass is 245 g/mol. The molecule has 0 aromatic carbocycles. The van der Waals surface area contributed by atoms with Crippen molar-refractivity contribution in [1.29, 1.82) is 0 Å². The Morgan fingerprint density at radius 2 is 2.29 bits per heavy atom. The Labute approximate surface area is 102 Å². The summed E-state index contributed by atoms with van der Waals surface area (Å²) in [6, 6.07) is 3.78. The summed E-state index contributed by atoms with van der Waals surface area (Å²) in [4.78, 5) is 9.77. The molecular weight excluding hydrogens is 234 g/mol. The Kier molecular flexibility index (Phi) is 2.53. The van der Waals surface area contributed by atoms with Gasteiger partial charge in [-0.1, -0.05) is 0 Å². The number of pyridine rings is 1. The fraction of sp³-hybridized carbons (Fsp3) is 0.167. The van der Waals surface area contributed by atoms with Gasteiger partial charge in [-0.3, -0.25) is 0 Å². The SMILES string of the molecule is Cc1ncsc1CNc1nccc2occc12. The molecule has 17 heavy (non-hydrogen) atoms. The predicted molar refractivity (Wildman–Crippen MR) is 68.2 cm³/mol. The van der Waals surface area contributed by atoms with Gasteiger partial charge in [0.05, 0.1) is 29.4 Å². The lowest BCUT2D eigenvalue weighted by atomic mass is 10.3. The van der Waals surface area contributed by atoms with Gasteiger partial charge in [0.15, 0.2) is 0 Å². The van der Waals surface area contributed by atoms with Gasteiger partial charge in [-0.25, -0.2) is 9.97 Å². The van der Waals surface area contributed by atoms with Crippen LogP contribution in [0.2, 0.25) is 0 Å². The van der Waals surface area contributed by atoms with Crippen molar-refractivity contribution in [3.63, 3.8) is 0 Å². The Morgan fingerprint density at radius 3 is 3.12 bits per heavy atom. The minimum atomic E-state index is 0.744. The summed E-state index contributed by atoms with van der Waals surface area (Å²) in [6.07, 6.45) is 3.42. The topological polar surface area (TPSA) is 51.0 Å². The number of nitrogens with zero attached hydrogens (tertiary/aromatic N) is 2. The van der Waals surface area contributed by atoms with Gasteiger partial charge in [0, 0.05) is 11.1 Å². The van der Waals surface area contributed by atoms with Crippen LogP contribution in [0.15, 0.2) is 34.5 Å². The van der Waals surface area contributed by atoms with E-state index in [0.717, 1.165) is 29.0 Å². The second-order valence-electron chi connectivity index (χ2n) is 3.71. The normalized spacial score (nSPS) is 10.9. The van der Waals surface area contributed by atoms with E-state index in [4.69, 9.17) is 4.42 Å². The molecule has 86 valence electrons. The first-order valence-electron chi connectivity index (χ1n) is 5.29. The maximum atomic E-state index is 5.33. The molecule has 0 aliphatic carbocycles. The lowest BCUT2D eigenvalue weighted by molar-refractivity contribution is 0.615. The zero-order valence-electron chi connectivity index (χ0n) is 9.30. The molecule has 3 heterocycles. The molecule has 5 heteroatoms. The van der Waals surface area contributed by atoms with Gasteiger partial charge in [0.2, 0.25) is 0 Å². The zero-order chi connectivity index (χ0) is 11.7. The Balaban J connectivity index is 1.86. The van der Waals surface area contributed by atoms with Crippen molar-refractivity contribution in [2.24, 2.45) is 0 Å². The fourth-order valence-electron chi connectivity index (χ4n) is 1.70. The maximum Gasteiger partial charge on any atom is 0.139 e. The average molecular weight is 245 g/mol. The molecule has 0 saturated carbocycles. The number of anilines is 1. The molecule has 3 rings (SSSR count). The molecule has 4 nitrogen and oxygen atoms in total. The van der Waals surface area contributed by atoms with Crippen LogP contribution < -0.4 is 5.32 Å². The number of hydrogen-bond donors (Lipinski definition) is 1. The van der Waals surface area contributed by atoms with E-state index in [1.54, 1.807) is 23.8 Å². The molecule has 0 fully saturated rings. The summed E-state index contributed by atoms with van der Waals surface area (Å²) in [5.41, 5.74) is 3.78. The van der Waals surface area contributed by atoms with Gasteiger partial charge in [-0.15, -0.1) is 11.3 Å².